The Morgan fingerprint density at radius 1 is 1.18 bits per heavy atom. The zero-order chi connectivity index (χ0) is 23.2. The summed E-state index contributed by atoms with van der Waals surface area (Å²) in [6, 6.07) is 10.8. The fourth-order valence-corrected chi connectivity index (χ4v) is 4.03. The molecule has 1 atom stereocenters. The predicted molar refractivity (Wildman–Crippen MR) is 123 cm³/mol. The number of likely N-dealkylation sites (tertiary alicyclic amines) is 1. The summed E-state index contributed by atoms with van der Waals surface area (Å²) in [6.45, 7) is 2.80. The number of methoxy groups -OCH3 is 1. The molecule has 0 spiro atoms. The van der Waals surface area contributed by atoms with Crippen LogP contribution in [0.2, 0.25) is 0 Å². The number of amides is 2. The zero-order valence-corrected chi connectivity index (χ0v) is 18.8. The number of rotatable bonds is 6. The average Bonchev–Trinajstić information content (AvgIpc) is 2.87. The summed E-state index contributed by atoms with van der Waals surface area (Å²) in [4.78, 5) is 40.8. The highest BCUT2D eigenvalue weighted by molar-refractivity contribution is 5.95. The molecule has 2 amide bonds. The van der Waals surface area contributed by atoms with Gasteiger partial charge in [0.05, 0.1) is 30.0 Å². The maximum atomic E-state index is 13.1. The Kier molecular flexibility index (Phi) is 6.92. The highest BCUT2D eigenvalue weighted by Gasteiger charge is 2.31. The summed E-state index contributed by atoms with van der Waals surface area (Å²) in [5.41, 5.74) is 2.49. The second-order valence-electron chi connectivity index (χ2n) is 8.01. The highest BCUT2D eigenvalue weighted by atomic mass is 16.5. The third kappa shape index (κ3) is 5.16. The first-order valence-corrected chi connectivity index (χ1v) is 11.0. The van der Waals surface area contributed by atoms with Crippen LogP contribution in [0.25, 0.3) is 0 Å². The molecule has 4 rings (SSSR count). The monoisotopic (exact) mass is 445 g/mol. The maximum Gasteiger partial charge on any atom is 0.256 e. The van der Waals surface area contributed by atoms with Crippen LogP contribution in [0.3, 0.4) is 0 Å². The van der Waals surface area contributed by atoms with Gasteiger partial charge in [-0.2, -0.15) is 0 Å². The fourth-order valence-electron chi connectivity index (χ4n) is 4.03. The van der Waals surface area contributed by atoms with Gasteiger partial charge in [-0.3, -0.25) is 14.6 Å². The van der Waals surface area contributed by atoms with Crippen molar-refractivity contribution in [3.05, 3.63) is 83.2 Å². The van der Waals surface area contributed by atoms with Crippen molar-refractivity contribution in [2.24, 2.45) is 0 Å². The molecule has 2 aromatic heterocycles. The summed E-state index contributed by atoms with van der Waals surface area (Å²) in [7, 11) is 1.61. The normalized spacial score (nSPS) is 15.7. The average molecular weight is 446 g/mol. The first-order valence-electron chi connectivity index (χ1n) is 11.0. The van der Waals surface area contributed by atoms with Crippen LogP contribution in [0.5, 0.6) is 5.75 Å². The van der Waals surface area contributed by atoms with E-state index < -0.39 is 0 Å². The number of piperidine rings is 1. The molecule has 3 aromatic rings. The van der Waals surface area contributed by atoms with Crippen LogP contribution in [-0.2, 0) is 6.54 Å². The Hall–Kier alpha value is -3.81. The Balaban J connectivity index is 1.48. The second kappa shape index (κ2) is 10.2. The Labute approximate surface area is 193 Å². The first-order chi connectivity index (χ1) is 16.1. The topological polar surface area (TPSA) is 97.3 Å². The molecular weight excluding hydrogens is 418 g/mol. The Bertz CT molecular complexity index is 1140. The van der Waals surface area contributed by atoms with Crippen molar-refractivity contribution >= 4 is 11.8 Å². The first kappa shape index (κ1) is 22.4. The number of aromatic nitrogens is 3. The molecule has 1 aliphatic rings. The van der Waals surface area contributed by atoms with E-state index in [-0.39, 0.29) is 17.9 Å². The molecule has 0 radical (unpaired) electrons. The van der Waals surface area contributed by atoms with Gasteiger partial charge < -0.3 is 15.0 Å². The summed E-state index contributed by atoms with van der Waals surface area (Å²) < 4.78 is 5.23. The summed E-state index contributed by atoms with van der Waals surface area (Å²) in [5.74, 6) is 0.986. The number of pyridine rings is 1. The molecule has 0 bridgehead atoms. The Morgan fingerprint density at radius 2 is 2.06 bits per heavy atom. The second-order valence-corrected chi connectivity index (χ2v) is 8.01. The van der Waals surface area contributed by atoms with Gasteiger partial charge in [-0.15, -0.1) is 0 Å². The molecule has 0 aliphatic carbocycles. The van der Waals surface area contributed by atoms with Crippen LogP contribution < -0.4 is 10.1 Å². The number of nitrogens with one attached hydrogen (secondary N) is 1. The van der Waals surface area contributed by atoms with E-state index >= 15 is 0 Å². The van der Waals surface area contributed by atoms with Gasteiger partial charge in [0.2, 0.25) is 0 Å². The van der Waals surface area contributed by atoms with Crippen molar-refractivity contribution in [2.45, 2.75) is 38.8 Å². The van der Waals surface area contributed by atoms with E-state index in [4.69, 9.17) is 4.74 Å². The van der Waals surface area contributed by atoms with Crippen molar-refractivity contribution in [3.63, 3.8) is 0 Å². The minimum atomic E-state index is -0.242. The van der Waals surface area contributed by atoms with Gasteiger partial charge in [0.15, 0.2) is 5.82 Å². The molecule has 0 saturated carbocycles. The lowest BCUT2D eigenvalue weighted by Gasteiger charge is -2.34. The van der Waals surface area contributed by atoms with Gasteiger partial charge in [0, 0.05) is 31.7 Å². The van der Waals surface area contributed by atoms with Gasteiger partial charge in [0.25, 0.3) is 11.8 Å². The van der Waals surface area contributed by atoms with Gasteiger partial charge >= 0.3 is 0 Å². The van der Waals surface area contributed by atoms with E-state index in [1.807, 2.05) is 29.2 Å². The highest BCUT2D eigenvalue weighted by Crippen LogP contribution is 2.30. The Morgan fingerprint density at radius 3 is 2.82 bits per heavy atom. The van der Waals surface area contributed by atoms with Crippen LogP contribution in [-0.4, -0.2) is 45.3 Å². The number of aryl methyl sites for hydroxylation is 1. The van der Waals surface area contributed by atoms with E-state index in [1.54, 1.807) is 44.8 Å². The summed E-state index contributed by atoms with van der Waals surface area (Å²) >= 11 is 0. The van der Waals surface area contributed by atoms with Crippen LogP contribution in [0.15, 0.2) is 55.0 Å². The molecular formula is C25H27N5O3. The molecule has 1 fully saturated rings. The molecule has 1 saturated heterocycles. The van der Waals surface area contributed by atoms with Crippen molar-refractivity contribution < 1.29 is 14.3 Å². The molecule has 8 heteroatoms. The van der Waals surface area contributed by atoms with E-state index in [0.717, 1.165) is 30.6 Å². The van der Waals surface area contributed by atoms with Crippen molar-refractivity contribution in [1.29, 1.82) is 0 Å². The molecule has 170 valence electrons. The van der Waals surface area contributed by atoms with E-state index in [9.17, 15) is 9.59 Å². The van der Waals surface area contributed by atoms with E-state index in [2.05, 4.69) is 20.3 Å². The van der Waals surface area contributed by atoms with E-state index in [0.29, 0.717) is 35.7 Å². The fraction of sp³-hybridized carbons (Fsp3) is 0.320. The SMILES string of the molecule is COc1cccc(CNC(=O)c2cnc(C3CCCCN3C(=O)c3cccnc3)nc2C)c1. The van der Waals surface area contributed by atoms with Crippen LogP contribution in [0.4, 0.5) is 0 Å². The van der Waals surface area contributed by atoms with Crippen LogP contribution >= 0.6 is 0 Å². The standard InChI is InChI=1S/C25H27N5O3/c1-17-21(24(31)28-14-18-7-5-9-20(13-18)33-2)16-27-23(29-17)22-10-3-4-12-30(22)25(32)19-8-6-11-26-15-19/h5-9,11,13,15-16,22H,3-4,10,12,14H2,1-2H3,(H,28,31). The molecule has 1 N–H and O–H groups in total. The lowest BCUT2D eigenvalue weighted by molar-refractivity contribution is 0.0598. The molecule has 33 heavy (non-hydrogen) atoms. The quantitative estimate of drug-likeness (QED) is 0.624. The summed E-state index contributed by atoms with van der Waals surface area (Å²) in [6.07, 6.45) is 7.50. The molecule has 3 heterocycles. The van der Waals surface area contributed by atoms with E-state index in [1.165, 1.54) is 0 Å². The van der Waals surface area contributed by atoms with Gasteiger partial charge in [-0.1, -0.05) is 12.1 Å². The molecule has 8 nitrogen and oxygen atoms in total. The third-order valence-corrected chi connectivity index (χ3v) is 5.80. The lowest BCUT2D eigenvalue weighted by atomic mass is 10.00. The summed E-state index contributed by atoms with van der Waals surface area (Å²) in [5, 5.41) is 2.91. The smallest absolute Gasteiger partial charge is 0.256 e. The predicted octanol–water partition coefficient (Wildman–Crippen LogP) is 3.49. The molecule has 1 aromatic carbocycles. The van der Waals surface area contributed by atoms with Gasteiger partial charge in [-0.05, 0) is 56.0 Å². The van der Waals surface area contributed by atoms with Crippen molar-refractivity contribution in [1.82, 2.24) is 25.2 Å². The zero-order valence-electron chi connectivity index (χ0n) is 18.8. The largest absolute Gasteiger partial charge is 0.497 e. The number of carbonyl (C=O) groups excluding carboxylic acids is 2. The van der Waals surface area contributed by atoms with Crippen molar-refractivity contribution in [2.75, 3.05) is 13.7 Å². The number of nitrogens with zero attached hydrogens (tertiary/aromatic N) is 4. The number of ether oxygens (including phenoxy) is 1. The van der Waals surface area contributed by atoms with Crippen LogP contribution in [0.1, 0.15) is 63.1 Å². The van der Waals surface area contributed by atoms with Gasteiger partial charge in [0.1, 0.15) is 5.75 Å². The van der Waals surface area contributed by atoms with Gasteiger partial charge in [-0.25, -0.2) is 9.97 Å². The number of hydrogen-bond acceptors (Lipinski definition) is 6. The van der Waals surface area contributed by atoms with Crippen LogP contribution in [0, 0.1) is 6.92 Å². The third-order valence-electron chi connectivity index (χ3n) is 5.80. The minimum absolute atomic E-state index is 0.0749. The maximum absolute atomic E-state index is 13.1. The molecule has 1 aliphatic heterocycles. The lowest BCUT2D eigenvalue weighted by Crippen LogP contribution is -2.39. The number of hydrogen-bond donors (Lipinski definition) is 1. The number of benzene rings is 1. The van der Waals surface area contributed by atoms with Crippen molar-refractivity contribution in [3.8, 4) is 5.75 Å². The number of carbonyl (C=O) groups is 2. The minimum Gasteiger partial charge on any atom is -0.497 e. The molecule has 1 unspecified atom stereocenters.